The van der Waals surface area contributed by atoms with Gasteiger partial charge in [0.25, 0.3) is 10.0 Å². The maximum absolute atomic E-state index is 13.2. The zero-order chi connectivity index (χ0) is 22.8. The Hall–Kier alpha value is -3.11. The fourth-order valence-corrected chi connectivity index (χ4v) is 6.00. The summed E-state index contributed by atoms with van der Waals surface area (Å²) in [5.41, 5.74) is 1.77. The summed E-state index contributed by atoms with van der Waals surface area (Å²) in [4.78, 5) is 17.4. The molecule has 2 aliphatic heterocycles. The highest BCUT2D eigenvalue weighted by Crippen LogP contribution is 2.29. The van der Waals surface area contributed by atoms with Crippen molar-refractivity contribution in [2.75, 3.05) is 44.2 Å². The van der Waals surface area contributed by atoms with Crippen molar-refractivity contribution in [2.45, 2.75) is 17.9 Å². The maximum Gasteiger partial charge on any atom is 0.276 e. The van der Waals surface area contributed by atoms with E-state index in [1.807, 2.05) is 23.1 Å². The molecular weight excluding hydrogens is 442 g/mol. The predicted molar refractivity (Wildman–Crippen MR) is 123 cm³/mol. The van der Waals surface area contributed by atoms with E-state index >= 15 is 0 Å². The molecule has 5 rings (SSSR count). The summed E-state index contributed by atoms with van der Waals surface area (Å²) in [6.07, 6.45) is 2.92. The number of nitrogens with one attached hydrogen (secondary N) is 1. The van der Waals surface area contributed by atoms with Gasteiger partial charge in [-0.15, -0.1) is 0 Å². The molecule has 3 aromatic rings. The van der Waals surface area contributed by atoms with Gasteiger partial charge in [-0.25, -0.2) is 8.42 Å². The number of carbonyl (C=O) groups excluding carboxylic acids is 1. The summed E-state index contributed by atoms with van der Waals surface area (Å²) in [6, 6.07) is 15.0. The van der Waals surface area contributed by atoms with Crippen LogP contribution >= 0.6 is 0 Å². The lowest BCUT2D eigenvalue weighted by Gasteiger charge is -2.39. The molecule has 1 amide bonds. The molecule has 2 saturated heterocycles. The Bertz CT molecular complexity index is 1180. The van der Waals surface area contributed by atoms with E-state index < -0.39 is 10.0 Å². The molecule has 2 aliphatic rings. The van der Waals surface area contributed by atoms with Gasteiger partial charge in [0.1, 0.15) is 5.69 Å². The van der Waals surface area contributed by atoms with E-state index in [1.165, 1.54) is 10.4 Å². The molecule has 33 heavy (non-hydrogen) atoms. The molecule has 0 saturated carbocycles. The number of piperidine rings is 1. The SMILES string of the molecule is O=C([C@H]1CCCN(S(=O)(=O)c2ccc(-c3ccn[nH]3)o2)C1)N1CCN(c2ccccc2)CC1. The van der Waals surface area contributed by atoms with Crippen molar-refractivity contribution in [3.63, 3.8) is 0 Å². The van der Waals surface area contributed by atoms with Gasteiger partial charge in [0.2, 0.25) is 11.0 Å². The van der Waals surface area contributed by atoms with E-state index in [-0.39, 0.29) is 23.5 Å². The number of aromatic amines is 1. The minimum absolute atomic E-state index is 0.0419. The first-order valence-electron chi connectivity index (χ1n) is 11.2. The van der Waals surface area contributed by atoms with Crippen molar-refractivity contribution >= 4 is 21.6 Å². The van der Waals surface area contributed by atoms with Crippen molar-refractivity contribution in [2.24, 2.45) is 5.92 Å². The molecule has 4 heterocycles. The second kappa shape index (κ2) is 9.03. The van der Waals surface area contributed by atoms with Crippen LogP contribution in [0.4, 0.5) is 5.69 Å². The standard InChI is InChI=1S/C23H27N5O4S/c29-23(27-15-13-26(14-16-27)19-6-2-1-3-7-19)18-5-4-12-28(17-18)33(30,31)22-9-8-21(32-22)20-10-11-24-25-20/h1-3,6-11,18H,4-5,12-17H2,(H,24,25)/t18-/m0/s1. The molecule has 0 radical (unpaired) electrons. The van der Waals surface area contributed by atoms with E-state index in [0.717, 1.165) is 18.8 Å². The average molecular weight is 470 g/mol. The highest BCUT2D eigenvalue weighted by molar-refractivity contribution is 7.89. The first kappa shape index (κ1) is 21.7. The van der Waals surface area contributed by atoms with Crippen LogP contribution in [0.5, 0.6) is 0 Å². The lowest BCUT2D eigenvalue weighted by molar-refractivity contribution is -0.137. The molecular formula is C23H27N5O4S. The van der Waals surface area contributed by atoms with Crippen LogP contribution in [-0.4, -0.2) is 73.0 Å². The van der Waals surface area contributed by atoms with Crippen molar-refractivity contribution in [1.29, 1.82) is 0 Å². The monoisotopic (exact) mass is 469 g/mol. The Labute approximate surface area is 193 Å². The highest BCUT2D eigenvalue weighted by atomic mass is 32.2. The van der Waals surface area contributed by atoms with Gasteiger partial charge in [0.15, 0.2) is 5.76 Å². The van der Waals surface area contributed by atoms with E-state index in [4.69, 9.17) is 4.42 Å². The van der Waals surface area contributed by atoms with Gasteiger partial charge < -0.3 is 14.2 Å². The topological polar surface area (TPSA) is 103 Å². The van der Waals surface area contributed by atoms with E-state index in [9.17, 15) is 13.2 Å². The van der Waals surface area contributed by atoms with Crippen molar-refractivity contribution in [3.05, 3.63) is 54.7 Å². The normalized spacial score (nSPS) is 20.2. The third-order valence-electron chi connectivity index (χ3n) is 6.39. The number of H-pyrrole nitrogens is 1. The minimum atomic E-state index is -3.82. The van der Waals surface area contributed by atoms with Gasteiger partial charge in [0, 0.05) is 51.2 Å². The Morgan fingerprint density at radius 2 is 1.79 bits per heavy atom. The van der Waals surface area contributed by atoms with Crippen molar-refractivity contribution < 1.29 is 17.6 Å². The van der Waals surface area contributed by atoms with Crippen LogP contribution in [0, 0.1) is 5.92 Å². The lowest BCUT2D eigenvalue weighted by Crippen LogP contribution is -2.53. The third-order valence-corrected chi connectivity index (χ3v) is 8.13. The summed E-state index contributed by atoms with van der Waals surface area (Å²) >= 11 is 0. The van der Waals surface area contributed by atoms with Gasteiger partial charge in [-0.2, -0.15) is 9.40 Å². The van der Waals surface area contributed by atoms with Crippen molar-refractivity contribution in [1.82, 2.24) is 19.4 Å². The summed E-state index contributed by atoms with van der Waals surface area (Å²) in [5.74, 6) is 0.117. The number of anilines is 1. The summed E-state index contributed by atoms with van der Waals surface area (Å²) < 4.78 is 33.4. The summed E-state index contributed by atoms with van der Waals surface area (Å²) in [5, 5.41) is 6.52. The van der Waals surface area contributed by atoms with E-state index in [1.54, 1.807) is 18.3 Å². The number of furan rings is 1. The number of sulfonamides is 1. The molecule has 10 heteroatoms. The number of para-hydroxylation sites is 1. The number of amides is 1. The molecule has 0 bridgehead atoms. The molecule has 0 unspecified atom stereocenters. The van der Waals surface area contributed by atoms with Gasteiger partial charge in [-0.3, -0.25) is 9.89 Å². The summed E-state index contributed by atoms with van der Waals surface area (Å²) in [6.45, 7) is 3.39. The minimum Gasteiger partial charge on any atom is -0.442 e. The number of hydrogen-bond acceptors (Lipinski definition) is 6. The second-order valence-electron chi connectivity index (χ2n) is 8.44. The Kier molecular flexibility index (Phi) is 5.94. The molecule has 2 fully saturated rings. The van der Waals surface area contributed by atoms with Gasteiger partial charge in [-0.05, 0) is 43.2 Å². The van der Waals surface area contributed by atoms with Crippen LogP contribution in [0.3, 0.4) is 0 Å². The maximum atomic E-state index is 13.2. The molecule has 0 spiro atoms. The lowest BCUT2D eigenvalue weighted by atomic mass is 9.97. The first-order chi connectivity index (χ1) is 16.0. The second-order valence-corrected chi connectivity index (χ2v) is 10.3. The molecule has 1 aromatic carbocycles. The molecule has 2 aromatic heterocycles. The number of hydrogen-bond donors (Lipinski definition) is 1. The zero-order valence-electron chi connectivity index (χ0n) is 18.3. The van der Waals surface area contributed by atoms with Crippen LogP contribution in [-0.2, 0) is 14.8 Å². The van der Waals surface area contributed by atoms with E-state index in [2.05, 4.69) is 27.2 Å². The van der Waals surface area contributed by atoms with Crippen LogP contribution in [0.1, 0.15) is 12.8 Å². The zero-order valence-corrected chi connectivity index (χ0v) is 19.1. The van der Waals surface area contributed by atoms with Crippen LogP contribution in [0.25, 0.3) is 11.5 Å². The van der Waals surface area contributed by atoms with Crippen LogP contribution in [0.2, 0.25) is 0 Å². The summed E-state index contributed by atoms with van der Waals surface area (Å²) in [7, 11) is -3.82. The molecule has 0 aliphatic carbocycles. The van der Waals surface area contributed by atoms with Gasteiger partial charge >= 0.3 is 0 Å². The number of rotatable bonds is 5. The Balaban J connectivity index is 1.23. The predicted octanol–water partition coefficient (Wildman–Crippen LogP) is 2.42. The van der Waals surface area contributed by atoms with E-state index in [0.29, 0.717) is 43.9 Å². The molecule has 9 nitrogen and oxygen atoms in total. The van der Waals surface area contributed by atoms with Crippen LogP contribution < -0.4 is 4.90 Å². The number of aromatic nitrogens is 2. The number of nitrogens with zero attached hydrogens (tertiary/aromatic N) is 4. The third kappa shape index (κ3) is 4.40. The number of piperazine rings is 1. The fourth-order valence-electron chi connectivity index (χ4n) is 4.57. The molecule has 1 N–H and O–H groups in total. The van der Waals surface area contributed by atoms with Gasteiger partial charge in [0.05, 0.1) is 5.92 Å². The van der Waals surface area contributed by atoms with Crippen molar-refractivity contribution in [3.8, 4) is 11.5 Å². The fraction of sp³-hybridized carbons (Fsp3) is 0.391. The molecule has 1 atom stereocenters. The largest absolute Gasteiger partial charge is 0.442 e. The Morgan fingerprint density at radius 3 is 2.52 bits per heavy atom. The first-order valence-corrected chi connectivity index (χ1v) is 12.6. The average Bonchev–Trinajstić information content (AvgIpc) is 3.57. The molecule has 174 valence electrons. The number of benzene rings is 1. The van der Waals surface area contributed by atoms with Crippen LogP contribution in [0.15, 0.2) is 64.2 Å². The highest BCUT2D eigenvalue weighted by Gasteiger charge is 2.37. The Morgan fingerprint density at radius 1 is 1.00 bits per heavy atom. The number of carbonyl (C=O) groups is 1. The van der Waals surface area contributed by atoms with Gasteiger partial charge in [-0.1, -0.05) is 18.2 Å². The smallest absolute Gasteiger partial charge is 0.276 e. The quantitative estimate of drug-likeness (QED) is 0.616.